The molecule has 2 N–H and O–H groups in total. The fraction of sp³-hybridized carbons (Fsp3) is 0.167. The lowest BCUT2D eigenvalue weighted by Gasteiger charge is -1.98. The first-order chi connectivity index (χ1) is 4.75. The number of halogens is 1. The third-order valence-electron chi connectivity index (χ3n) is 1.18. The minimum Gasteiger partial charge on any atom is -0.394 e. The molecule has 54 valence electrons. The van der Waals surface area contributed by atoms with Crippen molar-refractivity contribution in [3.05, 3.63) is 28.7 Å². The van der Waals surface area contributed by atoms with E-state index in [4.69, 9.17) is 5.73 Å². The van der Waals surface area contributed by atoms with E-state index in [9.17, 15) is 4.79 Å². The first-order valence-corrected chi connectivity index (χ1v) is 3.88. The molecule has 0 radical (unpaired) electrons. The first kappa shape index (κ1) is 7.34. The van der Waals surface area contributed by atoms with Gasteiger partial charge in [0.1, 0.15) is 0 Å². The monoisotopic (exact) mass is 202 g/mol. The number of anilines is 1. The summed E-state index contributed by atoms with van der Waals surface area (Å²) < 4.78 is 1.48. The molecule has 0 bridgehead atoms. The molecule has 0 fully saturated rings. The smallest absolute Gasteiger partial charge is 0.274 e. The molecular formula is C6H7BrN2O. The fourth-order valence-electron chi connectivity index (χ4n) is 0.650. The second-order valence-electron chi connectivity index (χ2n) is 1.86. The summed E-state index contributed by atoms with van der Waals surface area (Å²) in [5.74, 6) is 0. The van der Waals surface area contributed by atoms with Gasteiger partial charge in [-0.05, 0) is 12.1 Å². The summed E-state index contributed by atoms with van der Waals surface area (Å²) in [6.45, 7) is 0. The maximum atomic E-state index is 11.0. The summed E-state index contributed by atoms with van der Waals surface area (Å²) >= 11 is 3.15. The Labute approximate surface area is 66.6 Å². The molecule has 0 spiro atoms. The summed E-state index contributed by atoms with van der Waals surface area (Å²) in [7, 11) is 0. The van der Waals surface area contributed by atoms with Crippen LogP contribution in [0, 0.1) is 0 Å². The van der Waals surface area contributed by atoms with Crippen LogP contribution in [0.1, 0.15) is 0 Å². The van der Waals surface area contributed by atoms with Crippen molar-refractivity contribution in [2.24, 2.45) is 0 Å². The predicted octanol–water partition coefficient (Wildman–Crippen LogP) is 0.783. The number of aromatic nitrogens is 1. The van der Waals surface area contributed by atoms with E-state index in [0.717, 1.165) is 0 Å². The van der Waals surface area contributed by atoms with E-state index in [1.165, 1.54) is 4.57 Å². The van der Waals surface area contributed by atoms with Crippen LogP contribution >= 0.6 is 15.9 Å². The molecule has 0 saturated carbocycles. The number of hydrogen-bond donors (Lipinski definition) is 1. The zero-order valence-corrected chi connectivity index (χ0v) is 6.84. The molecule has 1 aromatic heterocycles. The molecule has 1 rings (SSSR count). The second kappa shape index (κ2) is 2.88. The van der Waals surface area contributed by atoms with Gasteiger partial charge in [0.2, 0.25) is 0 Å². The highest BCUT2D eigenvalue weighted by molar-refractivity contribution is 9.08. The molecule has 4 heteroatoms. The minimum absolute atomic E-state index is 0.153. The van der Waals surface area contributed by atoms with Gasteiger partial charge in [0, 0.05) is 6.20 Å². The Morgan fingerprint density at radius 3 is 2.90 bits per heavy atom. The number of alkyl halides is 1. The van der Waals surface area contributed by atoms with Crippen LogP contribution in [0.25, 0.3) is 0 Å². The number of nitrogen functional groups attached to an aromatic ring is 1. The average Bonchev–Trinajstić information content (AvgIpc) is 1.95. The van der Waals surface area contributed by atoms with E-state index in [0.29, 0.717) is 5.45 Å². The largest absolute Gasteiger partial charge is 0.394 e. The zero-order chi connectivity index (χ0) is 7.56. The van der Waals surface area contributed by atoms with Gasteiger partial charge in [0.05, 0.1) is 11.1 Å². The van der Waals surface area contributed by atoms with E-state index in [1.807, 2.05) is 0 Å². The zero-order valence-electron chi connectivity index (χ0n) is 5.25. The van der Waals surface area contributed by atoms with E-state index in [-0.39, 0.29) is 11.2 Å². The Morgan fingerprint density at radius 2 is 2.40 bits per heavy atom. The normalized spacial score (nSPS) is 9.70. The highest BCUT2D eigenvalue weighted by atomic mass is 79.9. The van der Waals surface area contributed by atoms with Crippen molar-refractivity contribution in [1.82, 2.24) is 4.57 Å². The summed E-state index contributed by atoms with van der Waals surface area (Å²) in [4.78, 5) is 11.0. The van der Waals surface area contributed by atoms with Crippen molar-refractivity contribution in [3.63, 3.8) is 0 Å². The van der Waals surface area contributed by atoms with Gasteiger partial charge in [-0.25, -0.2) is 0 Å². The summed E-state index contributed by atoms with van der Waals surface area (Å²) in [6, 6.07) is 3.32. The van der Waals surface area contributed by atoms with Crippen LogP contribution in [0.5, 0.6) is 0 Å². The topological polar surface area (TPSA) is 48.0 Å². The third kappa shape index (κ3) is 1.21. The molecule has 0 saturated heterocycles. The number of pyridine rings is 1. The molecule has 0 atom stereocenters. The van der Waals surface area contributed by atoms with Gasteiger partial charge in [0.15, 0.2) is 0 Å². The van der Waals surface area contributed by atoms with Crippen LogP contribution in [0.3, 0.4) is 0 Å². The lowest BCUT2D eigenvalue weighted by molar-refractivity contribution is 0.853. The van der Waals surface area contributed by atoms with Gasteiger partial charge < -0.3 is 10.3 Å². The lowest BCUT2D eigenvalue weighted by Crippen LogP contribution is -2.19. The van der Waals surface area contributed by atoms with E-state index in [2.05, 4.69) is 15.9 Å². The number of nitrogens with zero attached hydrogens (tertiary/aromatic N) is 1. The standard InChI is InChI=1S/C6H7BrN2O/c7-4-9-3-1-2-5(8)6(9)10/h1-3H,4,8H2. The highest BCUT2D eigenvalue weighted by Crippen LogP contribution is 1.93. The maximum absolute atomic E-state index is 11.0. The molecule has 3 nitrogen and oxygen atoms in total. The Balaban J connectivity index is 3.28. The van der Waals surface area contributed by atoms with Crippen molar-refractivity contribution >= 4 is 21.6 Å². The SMILES string of the molecule is Nc1cccn(CBr)c1=O. The van der Waals surface area contributed by atoms with Crippen molar-refractivity contribution in [1.29, 1.82) is 0 Å². The summed E-state index contributed by atoms with van der Waals surface area (Å²) in [5.41, 5.74) is 5.95. The van der Waals surface area contributed by atoms with Crippen molar-refractivity contribution in [2.75, 3.05) is 5.73 Å². The summed E-state index contributed by atoms with van der Waals surface area (Å²) in [5, 5.41) is 0. The van der Waals surface area contributed by atoms with Crippen LogP contribution < -0.4 is 11.3 Å². The summed E-state index contributed by atoms with van der Waals surface area (Å²) in [6.07, 6.45) is 1.67. The van der Waals surface area contributed by atoms with Gasteiger partial charge in [0.25, 0.3) is 5.56 Å². The van der Waals surface area contributed by atoms with Gasteiger partial charge >= 0.3 is 0 Å². The van der Waals surface area contributed by atoms with Crippen molar-refractivity contribution < 1.29 is 0 Å². The van der Waals surface area contributed by atoms with E-state index < -0.39 is 0 Å². The van der Waals surface area contributed by atoms with Crippen LogP contribution in [0.2, 0.25) is 0 Å². The number of hydrogen-bond acceptors (Lipinski definition) is 2. The molecule has 0 amide bonds. The molecule has 0 aromatic carbocycles. The van der Waals surface area contributed by atoms with Gasteiger partial charge in [-0.15, -0.1) is 0 Å². The third-order valence-corrected chi connectivity index (χ3v) is 1.72. The number of rotatable bonds is 1. The van der Waals surface area contributed by atoms with Crippen LogP contribution in [-0.4, -0.2) is 4.57 Å². The van der Waals surface area contributed by atoms with E-state index >= 15 is 0 Å². The van der Waals surface area contributed by atoms with Crippen molar-refractivity contribution in [2.45, 2.75) is 5.45 Å². The highest BCUT2D eigenvalue weighted by Gasteiger charge is 1.94. The van der Waals surface area contributed by atoms with Crippen LogP contribution in [0.15, 0.2) is 23.1 Å². The average molecular weight is 203 g/mol. The maximum Gasteiger partial charge on any atom is 0.274 e. The minimum atomic E-state index is -0.153. The van der Waals surface area contributed by atoms with Gasteiger partial charge in [-0.2, -0.15) is 0 Å². The molecule has 1 heterocycles. The van der Waals surface area contributed by atoms with Crippen molar-refractivity contribution in [3.8, 4) is 0 Å². The first-order valence-electron chi connectivity index (χ1n) is 2.76. The Morgan fingerprint density at radius 1 is 1.70 bits per heavy atom. The van der Waals surface area contributed by atoms with Crippen LogP contribution in [0.4, 0.5) is 5.69 Å². The van der Waals surface area contributed by atoms with Crippen LogP contribution in [-0.2, 0) is 5.45 Å². The van der Waals surface area contributed by atoms with Gasteiger partial charge in [-0.1, -0.05) is 15.9 Å². The molecule has 10 heavy (non-hydrogen) atoms. The predicted molar refractivity (Wildman–Crippen MR) is 44.0 cm³/mol. The molecule has 0 aliphatic carbocycles. The fourth-order valence-corrected chi connectivity index (χ4v) is 1.04. The quantitative estimate of drug-likeness (QED) is 0.685. The Bertz CT molecular complexity index is 281. The molecule has 0 aliphatic heterocycles. The Kier molecular flexibility index (Phi) is 2.11. The molecule has 0 aliphatic rings. The number of nitrogens with two attached hydrogens (primary N) is 1. The second-order valence-corrected chi connectivity index (χ2v) is 2.36. The molecule has 1 aromatic rings. The lowest BCUT2D eigenvalue weighted by atomic mass is 10.4. The molecular weight excluding hydrogens is 196 g/mol. The van der Waals surface area contributed by atoms with Gasteiger partial charge in [-0.3, -0.25) is 4.79 Å². The van der Waals surface area contributed by atoms with E-state index in [1.54, 1.807) is 18.3 Å². The molecule has 0 unspecified atom stereocenters. The Hall–Kier alpha value is -0.770.